The van der Waals surface area contributed by atoms with Crippen LogP contribution in [0, 0.1) is 0 Å². The molecule has 1 fully saturated rings. The molecule has 0 aromatic carbocycles. The first kappa shape index (κ1) is 12.4. The molecular weight excluding hydrogens is 198 g/mol. The van der Waals surface area contributed by atoms with Gasteiger partial charge in [0.2, 0.25) is 0 Å². The average molecular weight is 217 g/mol. The van der Waals surface area contributed by atoms with Crippen LogP contribution in [0.15, 0.2) is 0 Å². The van der Waals surface area contributed by atoms with Crippen LogP contribution in [0.5, 0.6) is 0 Å². The predicted molar refractivity (Wildman–Crippen MR) is 54.8 cm³/mol. The molecule has 6 nitrogen and oxygen atoms in total. The average Bonchev–Trinajstić information content (AvgIpc) is 2.54. The second-order valence-electron chi connectivity index (χ2n) is 4.20. The molecule has 15 heavy (non-hydrogen) atoms. The van der Waals surface area contributed by atoms with E-state index in [9.17, 15) is 9.90 Å². The Kier molecular flexibility index (Phi) is 4.04. The Hall–Kier alpha value is -0.690. The summed E-state index contributed by atoms with van der Waals surface area (Å²) in [5, 5.41) is 9.79. The molecule has 2 atom stereocenters. The standard InChI is InChI=1S/C9H19N3O3/c1-9(14)3-4-12(6-9)7(5-15-2)8(13)11-10/h7,14H,3-6,10H2,1-2H3,(H,11,13). The zero-order chi connectivity index (χ0) is 11.5. The SMILES string of the molecule is COCC(C(=O)NN)N1CCC(C)(O)C1. The van der Waals surface area contributed by atoms with Gasteiger partial charge in [0.25, 0.3) is 5.91 Å². The number of hydrazine groups is 1. The number of amides is 1. The summed E-state index contributed by atoms with van der Waals surface area (Å²) in [6.45, 7) is 3.18. The van der Waals surface area contributed by atoms with Crippen molar-refractivity contribution in [3.8, 4) is 0 Å². The van der Waals surface area contributed by atoms with E-state index in [1.165, 1.54) is 7.11 Å². The molecule has 1 amide bonds. The lowest BCUT2D eigenvalue weighted by molar-refractivity contribution is -0.128. The van der Waals surface area contributed by atoms with Crippen molar-refractivity contribution in [2.75, 3.05) is 26.8 Å². The Labute approximate surface area is 89.3 Å². The number of likely N-dealkylation sites (tertiary alicyclic amines) is 1. The van der Waals surface area contributed by atoms with Gasteiger partial charge in [0, 0.05) is 20.2 Å². The van der Waals surface area contributed by atoms with Crippen molar-refractivity contribution in [2.45, 2.75) is 25.0 Å². The van der Waals surface area contributed by atoms with Gasteiger partial charge in [0.1, 0.15) is 6.04 Å². The highest BCUT2D eigenvalue weighted by atomic mass is 16.5. The van der Waals surface area contributed by atoms with Gasteiger partial charge in [-0.3, -0.25) is 15.1 Å². The van der Waals surface area contributed by atoms with Gasteiger partial charge in [0.15, 0.2) is 0 Å². The number of hydrogen-bond donors (Lipinski definition) is 3. The smallest absolute Gasteiger partial charge is 0.253 e. The normalized spacial score (nSPS) is 29.1. The predicted octanol–water partition coefficient (Wildman–Crippen LogP) is -1.55. The first-order valence-corrected chi connectivity index (χ1v) is 4.96. The Morgan fingerprint density at radius 2 is 2.47 bits per heavy atom. The Morgan fingerprint density at radius 3 is 2.87 bits per heavy atom. The summed E-state index contributed by atoms with van der Waals surface area (Å²) < 4.78 is 4.97. The highest BCUT2D eigenvalue weighted by Gasteiger charge is 2.37. The molecule has 88 valence electrons. The third-order valence-electron chi connectivity index (χ3n) is 2.69. The number of carbonyl (C=O) groups is 1. The van der Waals surface area contributed by atoms with Gasteiger partial charge in [0.05, 0.1) is 12.2 Å². The van der Waals surface area contributed by atoms with E-state index in [1.807, 2.05) is 4.90 Å². The van der Waals surface area contributed by atoms with Crippen LogP contribution in [0.25, 0.3) is 0 Å². The Balaban J connectivity index is 2.61. The zero-order valence-corrected chi connectivity index (χ0v) is 9.19. The minimum Gasteiger partial charge on any atom is -0.389 e. The highest BCUT2D eigenvalue weighted by Crippen LogP contribution is 2.22. The number of nitrogens with one attached hydrogen (secondary N) is 1. The van der Waals surface area contributed by atoms with Crippen LogP contribution in [0.2, 0.25) is 0 Å². The lowest BCUT2D eigenvalue weighted by atomic mass is 10.1. The number of ether oxygens (including phenoxy) is 1. The second kappa shape index (κ2) is 4.89. The first-order chi connectivity index (χ1) is 7.00. The maximum absolute atomic E-state index is 11.5. The van der Waals surface area contributed by atoms with E-state index >= 15 is 0 Å². The maximum atomic E-state index is 11.5. The maximum Gasteiger partial charge on any atom is 0.253 e. The molecule has 0 aromatic rings. The Bertz CT molecular complexity index is 233. The minimum atomic E-state index is -0.721. The van der Waals surface area contributed by atoms with Crippen LogP contribution in [0.4, 0.5) is 0 Å². The topological polar surface area (TPSA) is 87.8 Å². The summed E-state index contributed by atoms with van der Waals surface area (Å²) in [5.41, 5.74) is 1.39. The molecule has 0 radical (unpaired) electrons. The molecule has 0 aliphatic carbocycles. The number of carbonyl (C=O) groups excluding carboxylic acids is 1. The minimum absolute atomic E-state index is 0.277. The van der Waals surface area contributed by atoms with Crippen molar-refractivity contribution in [3.05, 3.63) is 0 Å². The molecule has 0 aromatic heterocycles. The highest BCUT2D eigenvalue weighted by molar-refractivity contribution is 5.81. The largest absolute Gasteiger partial charge is 0.389 e. The molecule has 6 heteroatoms. The fourth-order valence-electron chi connectivity index (χ4n) is 1.85. The van der Waals surface area contributed by atoms with Crippen LogP contribution in [-0.4, -0.2) is 54.4 Å². The van der Waals surface area contributed by atoms with E-state index in [4.69, 9.17) is 10.6 Å². The Morgan fingerprint density at radius 1 is 1.80 bits per heavy atom. The fraction of sp³-hybridized carbons (Fsp3) is 0.889. The fourth-order valence-corrected chi connectivity index (χ4v) is 1.85. The van der Waals surface area contributed by atoms with Gasteiger partial charge in [-0.05, 0) is 13.3 Å². The van der Waals surface area contributed by atoms with E-state index in [-0.39, 0.29) is 12.5 Å². The van der Waals surface area contributed by atoms with Crippen molar-refractivity contribution in [1.82, 2.24) is 10.3 Å². The zero-order valence-electron chi connectivity index (χ0n) is 9.19. The third-order valence-corrected chi connectivity index (χ3v) is 2.69. The molecule has 4 N–H and O–H groups in total. The quantitative estimate of drug-likeness (QED) is 0.301. The van der Waals surface area contributed by atoms with E-state index in [1.54, 1.807) is 6.92 Å². The van der Waals surface area contributed by atoms with Gasteiger partial charge in [-0.1, -0.05) is 0 Å². The number of aliphatic hydroxyl groups is 1. The number of β-amino-alcohol motifs (C(OH)–C–C–N with tert-alkyl or cyclic N) is 1. The molecule has 0 saturated carbocycles. The molecule has 1 aliphatic heterocycles. The summed E-state index contributed by atoms with van der Waals surface area (Å²) >= 11 is 0. The molecule has 2 unspecified atom stereocenters. The van der Waals surface area contributed by atoms with Crippen molar-refractivity contribution < 1.29 is 14.6 Å². The van der Waals surface area contributed by atoms with E-state index in [0.717, 1.165) is 0 Å². The van der Waals surface area contributed by atoms with Crippen LogP contribution in [0.3, 0.4) is 0 Å². The van der Waals surface area contributed by atoms with Crippen LogP contribution >= 0.6 is 0 Å². The molecule has 0 spiro atoms. The van der Waals surface area contributed by atoms with E-state index in [0.29, 0.717) is 19.5 Å². The van der Waals surface area contributed by atoms with Gasteiger partial charge in [-0.25, -0.2) is 5.84 Å². The van der Waals surface area contributed by atoms with Gasteiger partial charge in [-0.15, -0.1) is 0 Å². The summed E-state index contributed by atoms with van der Waals surface area (Å²) in [4.78, 5) is 13.3. The molecule has 1 rings (SSSR count). The van der Waals surface area contributed by atoms with E-state index < -0.39 is 11.6 Å². The molecule has 1 aliphatic rings. The van der Waals surface area contributed by atoms with Crippen molar-refractivity contribution in [3.63, 3.8) is 0 Å². The number of nitrogens with zero attached hydrogens (tertiary/aromatic N) is 1. The van der Waals surface area contributed by atoms with Gasteiger partial charge in [-0.2, -0.15) is 0 Å². The summed E-state index contributed by atoms with van der Waals surface area (Å²) in [6.07, 6.45) is 0.658. The van der Waals surface area contributed by atoms with Crippen LogP contribution < -0.4 is 11.3 Å². The van der Waals surface area contributed by atoms with Gasteiger partial charge < -0.3 is 9.84 Å². The number of rotatable bonds is 4. The summed E-state index contributed by atoms with van der Waals surface area (Å²) in [5.74, 6) is 4.81. The number of methoxy groups -OCH3 is 1. The number of nitrogens with two attached hydrogens (primary N) is 1. The summed E-state index contributed by atoms with van der Waals surface area (Å²) in [6, 6.07) is -0.422. The lowest BCUT2D eigenvalue weighted by Gasteiger charge is -2.26. The van der Waals surface area contributed by atoms with Crippen molar-refractivity contribution in [2.24, 2.45) is 5.84 Å². The summed E-state index contributed by atoms with van der Waals surface area (Å²) in [7, 11) is 1.53. The molecule has 1 saturated heterocycles. The molecular formula is C9H19N3O3. The number of hydrogen-bond acceptors (Lipinski definition) is 5. The van der Waals surface area contributed by atoms with Crippen molar-refractivity contribution >= 4 is 5.91 Å². The van der Waals surface area contributed by atoms with Crippen LogP contribution in [0.1, 0.15) is 13.3 Å². The van der Waals surface area contributed by atoms with Crippen molar-refractivity contribution in [1.29, 1.82) is 0 Å². The van der Waals surface area contributed by atoms with Gasteiger partial charge >= 0.3 is 0 Å². The lowest BCUT2D eigenvalue weighted by Crippen LogP contribution is -2.51. The monoisotopic (exact) mass is 217 g/mol. The molecule has 0 bridgehead atoms. The second-order valence-corrected chi connectivity index (χ2v) is 4.20. The third kappa shape index (κ3) is 3.13. The van der Waals surface area contributed by atoms with Crippen LogP contribution in [-0.2, 0) is 9.53 Å². The van der Waals surface area contributed by atoms with E-state index in [2.05, 4.69) is 5.43 Å². The first-order valence-electron chi connectivity index (χ1n) is 4.96. The molecule has 1 heterocycles.